The van der Waals surface area contributed by atoms with Crippen molar-refractivity contribution in [2.75, 3.05) is 6.61 Å². The monoisotopic (exact) mass is 264 g/mol. The summed E-state index contributed by atoms with van der Waals surface area (Å²) in [5.74, 6) is 0.699. The Morgan fingerprint density at radius 3 is 2.47 bits per heavy atom. The molecule has 3 nitrogen and oxygen atoms in total. The molecule has 106 valence electrons. The predicted octanol–water partition coefficient (Wildman–Crippen LogP) is 3.97. The lowest BCUT2D eigenvalue weighted by molar-refractivity contribution is -0.147. The summed E-state index contributed by atoms with van der Waals surface area (Å²) in [7, 11) is 0. The van der Waals surface area contributed by atoms with Gasteiger partial charge in [0.15, 0.2) is 0 Å². The molecule has 0 fully saturated rings. The van der Waals surface area contributed by atoms with Crippen molar-refractivity contribution >= 4 is 5.97 Å². The lowest BCUT2D eigenvalue weighted by Crippen LogP contribution is -2.17. The lowest BCUT2D eigenvalue weighted by Gasteiger charge is -2.16. The van der Waals surface area contributed by atoms with Crippen LogP contribution in [-0.4, -0.2) is 18.7 Å². The van der Waals surface area contributed by atoms with Gasteiger partial charge in [0, 0.05) is 6.92 Å². The Kier molecular flexibility index (Phi) is 7.71. The molecule has 0 aliphatic rings. The summed E-state index contributed by atoms with van der Waals surface area (Å²) in [4.78, 5) is 11.0. The smallest absolute Gasteiger partial charge is 0.302 e. The molecular weight excluding hydrogens is 240 g/mol. The first-order valence-corrected chi connectivity index (χ1v) is 7.07. The standard InChI is InChI=1S/C16H24O3/c1-3-4-9-16(19-14(2)17)12-8-13-18-15-10-6-5-7-11-15/h5-7,10-11,16H,3-4,8-9,12-13H2,1-2H3/t16-/m0/s1. The Hall–Kier alpha value is -1.51. The van der Waals surface area contributed by atoms with Crippen molar-refractivity contribution in [1.29, 1.82) is 0 Å². The van der Waals surface area contributed by atoms with Gasteiger partial charge >= 0.3 is 5.97 Å². The van der Waals surface area contributed by atoms with Crippen molar-refractivity contribution < 1.29 is 14.3 Å². The molecule has 0 heterocycles. The molecule has 0 bridgehead atoms. The van der Waals surface area contributed by atoms with E-state index in [9.17, 15) is 4.79 Å². The maximum absolute atomic E-state index is 11.0. The quantitative estimate of drug-likeness (QED) is 0.500. The number of para-hydroxylation sites is 1. The van der Waals surface area contributed by atoms with E-state index in [1.165, 1.54) is 6.92 Å². The van der Waals surface area contributed by atoms with Gasteiger partial charge in [-0.15, -0.1) is 0 Å². The highest BCUT2D eigenvalue weighted by Gasteiger charge is 2.11. The summed E-state index contributed by atoms with van der Waals surface area (Å²) in [6, 6.07) is 9.77. The summed E-state index contributed by atoms with van der Waals surface area (Å²) in [6.07, 6.45) is 4.97. The topological polar surface area (TPSA) is 35.5 Å². The lowest BCUT2D eigenvalue weighted by atomic mass is 10.1. The fourth-order valence-corrected chi connectivity index (χ4v) is 1.95. The molecule has 0 N–H and O–H groups in total. The van der Waals surface area contributed by atoms with Gasteiger partial charge in [0.1, 0.15) is 11.9 Å². The van der Waals surface area contributed by atoms with E-state index in [0.717, 1.165) is 37.9 Å². The Labute approximate surface area is 115 Å². The van der Waals surface area contributed by atoms with Crippen LogP contribution >= 0.6 is 0 Å². The molecule has 0 amide bonds. The third kappa shape index (κ3) is 7.50. The maximum Gasteiger partial charge on any atom is 0.302 e. The number of carbonyl (C=O) groups is 1. The van der Waals surface area contributed by atoms with Gasteiger partial charge in [0.05, 0.1) is 6.61 Å². The minimum absolute atomic E-state index is 0.0387. The second-order valence-electron chi connectivity index (χ2n) is 4.68. The number of esters is 1. The van der Waals surface area contributed by atoms with Gasteiger partial charge in [-0.1, -0.05) is 38.0 Å². The highest BCUT2D eigenvalue weighted by molar-refractivity contribution is 5.66. The maximum atomic E-state index is 11.0. The van der Waals surface area contributed by atoms with Crippen LogP contribution in [0.25, 0.3) is 0 Å². The van der Waals surface area contributed by atoms with Gasteiger partial charge < -0.3 is 9.47 Å². The number of ether oxygens (including phenoxy) is 2. The molecular formula is C16H24O3. The molecule has 0 saturated heterocycles. The molecule has 0 spiro atoms. The van der Waals surface area contributed by atoms with Crippen LogP contribution in [0, 0.1) is 0 Å². The highest BCUT2D eigenvalue weighted by atomic mass is 16.5. The first-order chi connectivity index (χ1) is 9.22. The first-order valence-electron chi connectivity index (χ1n) is 7.07. The molecule has 0 radical (unpaired) electrons. The van der Waals surface area contributed by atoms with E-state index in [1.54, 1.807) is 0 Å². The van der Waals surface area contributed by atoms with E-state index in [1.807, 2.05) is 30.3 Å². The molecule has 0 aliphatic carbocycles. The zero-order valence-corrected chi connectivity index (χ0v) is 11.9. The number of hydrogen-bond acceptors (Lipinski definition) is 3. The van der Waals surface area contributed by atoms with Crippen LogP contribution in [-0.2, 0) is 9.53 Å². The van der Waals surface area contributed by atoms with Gasteiger partial charge in [0.25, 0.3) is 0 Å². The zero-order valence-electron chi connectivity index (χ0n) is 11.9. The largest absolute Gasteiger partial charge is 0.494 e. The SMILES string of the molecule is CCCC[C@@H](CCCOc1ccccc1)OC(C)=O. The highest BCUT2D eigenvalue weighted by Crippen LogP contribution is 2.13. The van der Waals surface area contributed by atoms with Crippen molar-refractivity contribution in [3.63, 3.8) is 0 Å². The van der Waals surface area contributed by atoms with Crippen molar-refractivity contribution in [2.45, 2.75) is 52.1 Å². The normalized spacial score (nSPS) is 11.9. The fraction of sp³-hybridized carbons (Fsp3) is 0.562. The van der Waals surface area contributed by atoms with Crippen LogP contribution in [0.15, 0.2) is 30.3 Å². The van der Waals surface area contributed by atoms with Gasteiger partial charge in [-0.3, -0.25) is 4.79 Å². The predicted molar refractivity (Wildman–Crippen MR) is 76.3 cm³/mol. The van der Waals surface area contributed by atoms with Gasteiger partial charge in [-0.05, 0) is 31.4 Å². The minimum atomic E-state index is -0.190. The molecule has 0 saturated carbocycles. The summed E-state index contributed by atoms with van der Waals surface area (Å²) in [5.41, 5.74) is 0. The molecule has 1 aromatic carbocycles. The Balaban J connectivity index is 2.21. The summed E-state index contributed by atoms with van der Waals surface area (Å²) >= 11 is 0. The average molecular weight is 264 g/mol. The number of carbonyl (C=O) groups excluding carboxylic acids is 1. The Morgan fingerprint density at radius 1 is 1.16 bits per heavy atom. The van der Waals surface area contributed by atoms with Crippen molar-refractivity contribution in [3.05, 3.63) is 30.3 Å². The van der Waals surface area contributed by atoms with E-state index >= 15 is 0 Å². The molecule has 0 aromatic heterocycles. The Morgan fingerprint density at radius 2 is 1.84 bits per heavy atom. The molecule has 19 heavy (non-hydrogen) atoms. The van der Waals surface area contributed by atoms with Crippen molar-refractivity contribution in [2.24, 2.45) is 0 Å². The fourth-order valence-electron chi connectivity index (χ4n) is 1.95. The van der Waals surface area contributed by atoms with Crippen LogP contribution < -0.4 is 4.74 Å². The third-order valence-electron chi connectivity index (χ3n) is 2.89. The number of rotatable bonds is 9. The van der Waals surface area contributed by atoms with E-state index in [-0.39, 0.29) is 12.1 Å². The Bertz CT molecular complexity index is 348. The second kappa shape index (κ2) is 9.42. The van der Waals surface area contributed by atoms with E-state index < -0.39 is 0 Å². The van der Waals surface area contributed by atoms with Crippen LogP contribution in [0.3, 0.4) is 0 Å². The van der Waals surface area contributed by atoms with Crippen LogP contribution in [0.2, 0.25) is 0 Å². The third-order valence-corrected chi connectivity index (χ3v) is 2.89. The van der Waals surface area contributed by atoms with E-state index in [2.05, 4.69) is 6.92 Å². The summed E-state index contributed by atoms with van der Waals surface area (Å²) < 4.78 is 10.9. The number of unbranched alkanes of at least 4 members (excludes halogenated alkanes) is 1. The number of hydrogen-bond donors (Lipinski definition) is 0. The van der Waals surface area contributed by atoms with E-state index in [4.69, 9.17) is 9.47 Å². The summed E-state index contributed by atoms with van der Waals surface area (Å²) in [5, 5.41) is 0. The number of benzene rings is 1. The zero-order chi connectivity index (χ0) is 13.9. The average Bonchev–Trinajstić information content (AvgIpc) is 2.41. The van der Waals surface area contributed by atoms with E-state index in [0.29, 0.717) is 6.61 Å². The van der Waals surface area contributed by atoms with Crippen molar-refractivity contribution in [3.8, 4) is 5.75 Å². The molecule has 3 heteroatoms. The minimum Gasteiger partial charge on any atom is -0.494 e. The van der Waals surface area contributed by atoms with Crippen LogP contribution in [0.5, 0.6) is 5.75 Å². The summed E-state index contributed by atoms with van der Waals surface area (Å²) in [6.45, 7) is 4.27. The molecule has 0 aliphatic heterocycles. The first kappa shape index (κ1) is 15.5. The molecule has 1 atom stereocenters. The van der Waals surface area contributed by atoms with Gasteiger partial charge in [-0.2, -0.15) is 0 Å². The van der Waals surface area contributed by atoms with Crippen LogP contribution in [0.4, 0.5) is 0 Å². The molecule has 1 rings (SSSR count). The second-order valence-corrected chi connectivity index (χ2v) is 4.68. The van der Waals surface area contributed by atoms with Gasteiger partial charge in [-0.25, -0.2) is 0 Å². The van der Waals surface area contributed by atoms with Crippen molar-refractivity contribution in [1.82, 2.24) is 0 Å². The molecule has 1 aromatic rings. The molecule has 0 unspecified atom stereocenters. The van der Waals surface area contributed by atoms with Gasteiger partial charge in [0.2, 0.25) is 0 Å². The van der Waals surface area contributed by atoms with Crippen LogP contribution in [0.1, 0.15) is 46.0 Å².